The number of aliphatic hydroxyl groups excluding tert-OH is 1. The van der Waals surface area contributed by atoms with E-state index < -0.39 is 24.5 Å². The van der Waals surface area contributed by atoms with Crippen molar-refractivity contribution < 1.29 is 14.7 Å². The molecule has 0 rings (SSSR count). The molecule has 0 saturated heterocycles. The first kappa shape index (κ1) is 10.9. The maximum atomic E-state index is 10.9. The molecule has 5 N–H and O–H groups in total. The van der Waals surface area contributed by atoms with Crippen molar-refractivity contribution in [2.75, 3.05) is 20.2 Å². The molecule has 0 fully saturated rings. The molecular weight excluding hydrogens is 162 g/mol. The average molecular weight is 175 g/mol. The Kier molecular flexibility index (Phi) is 4.98. The third-order valence-electron chi connectivity index (χ3n) is 1.27. The van der Waals surface area contributed by atoms with Gasteiger partial charge in [0, 0.05) is 7.05 Å². The highest BCUT2D eigenvalue weighted by Crippen LogP contribution is 1.81. The maximum Gasteiger partial charge on any atom is 0.244 e. The van der Waals surface area contributed by atoms with Crippen LogP contribution in [0.2, 0.25) is 0 Å². The number of hydrogen-bond acceptors (Lipinski definition) is 4. The first-order chi connectivity index (χ1) is 5.65. The Labute approximate surface area is 70.1 Å². The topological polar surface area (TPSA) is 104 Å². The molecule has 0 radical (unpaired) electrons. The van der Waals surface area contributed by atoms with Gasteiger partial charge in [0.2, 0.25) is 11.8 Å². The van der Waals surface area contributed by atoms with E-state index in [1.165, 1.54) is 7.05 Å². The molecule has 12 heavy (non-hydrogen) atoms. The van der Waals surface area contributed by atoms with Crippen LogP contribution in [-0.4, -0.2) is 43.2 Å². The molecule has 70 valence electrons. The largest absolute Gasteiger partial charge is 0.394 e. The lowest BCUT2D eigenvalue weighted by molar-refractivity contribution is -0.129. The molecule has 0 aliphatic heterocycles. The van der Waals surface area contributed by atoms with Crippen LogP contribution in [0.3, 0.4) is 0 Å². The van der Waals surface area contributed by atoms with Crippen molar-refractivity contribution in [3.63, 3.8) is 0 Å². The quantitative estimate of drug-likeness (QED) is 0.369. The summed E-state index contributed by atoms with van der Waals surface area (Å²) in [6, 6.07) is -0.911. The minimum atomic E-state index is -0.911. The van der Waals surface area contributed by atoms with Gasteiger partial charge in [0.1, 0.15) is 6.04 Å². The number of nitrogens with two attached hydrogens (primary N) is 1. The number of amides is 2. The van der Waals surface area contributed by atoms with Crippen LogP contribution in [0.4, 0.5) is 0 Å². The van der Waals surface area contributed by atoms with E-state index in [4.69, 9.17) is 10.8 Å². The molecule has 0 spiro atoms. The van der Waals surface area contributed by atoms with E-state index in [0.29, 0.717) is 0 Å². The smallest absolute Gasteiger partial charge is 0.244 e. The summed E-state index contributed by atoms with van der Waals surface area (Å²) in [6.45, 7) is -0.640. The van der Waals surface area contributed by atoms with Gasteiger partial charge in [0.05, 0.1) is 13.2 Å². The third kappa shape index (κ3) is 3.31. The molecular formula is C6H13N3O3. The number of hydrogen-bond donors (Lipinski definition) is 4. The average Bonchev–Trinajstić information content (AvgIpc) is 2.12. The minimum absolute atomic E-state index is 0.201. The highest BCUT2D eigenvalue weighted by molar-refractivity contribution is 5.88. The van der Waals surface area contributed by atoms with Crippen LogP contribution in [0.5, 0.6) is 0 Å². The summed E-state index contributed by atoms with van der Waals surface area (Å²) in [5.74, 6) is -0.919. The molecule has 0 aromatic rings. The molecule has 6 nitrogen and oxygen atoms in total. The van der Waals surface area contributed by atoms with Crippen LogP contribution in [-0.2, 0) is 9.59 Å². The number of aliphatic hydroxyl groups is 1. The van der Waals surface area contributed by atoms with E-state index in [-0.39, 0.29) is 6.54 Å². The van der Waals surface area contributed by atoms with Gasteiger partial charge in [-0.15, -0.1) is 0 Å². The van der Waals surface area contributed by atoms with E-state index in [1.54, 1.807) is 0 Å². The fourth-order valence-electron chi connectivity index (χ4n) is 0.622. The van der Waals surface area contributed by atoms with E-state index in [9.17, 15) is 9.59 Å². The lowest BCUT2D eigenvalue weighted by Gasteiger charge is -2.13. The minimum Gasteiger partial charge on any atom is -0.394 e. The van der Waals surface area contributed by atoms with Gasteiger partial charge in [-0.05, 0) is 0 Å². The summed E-state index contributed by atoms with van der Waals surface area (Å²) in [6.07, 6.45) is 0. The van der Waals surface area contributed by atoms with Gasteiger partial charge < -0.3 is 21.5 Å². The predicted octanol–water partition coefficient (Wildman–Crippen LogP) is -2.83. The Bertz CT molecular complexity index is 171. The fraction of sp³-hybridized carbons (Fsp3) is 0.667. The molecule has 0 saturated carbocycles. The molecule has 0 aliphatic carbocycles. The molecule has 6 heteroatoms. The fourth-order valence-corrected chi connectivity index (χ4v) is 0.622. The lowest BCUT2D eigenvalue weighted by atomic mass is 10.3. The number of carbonyl (C=O) groups excluding carboxylic acids is 2. The van der Waals surface area contributed by atoms with E-state index >= 15 is 0 Å². The molecule has 0 bridgehead atoms. The number of nitrogens with one attached hydrogen (secondary N) is 2. The van der Waals surface area contributed by atoms with Gasteiger partial charge in [-0.2, -0.15) is 0 Å². The van der Waals surface area contributed by atoms with Crippen LogP contribution >= 0.6 is 0 Å². The van der Waals surface area contributed by atoms with Gasteiger partial charge in [-0.1, -0.05) is 0 Å². The van der Waals surface area contributed by atoms with Crippen molar-refractivity contribution in [1.82, 2.24) is 10.6 Å². The monoisotopic (exact) mass is 175 g/mol. The van der Waals surface area contributed by atoms with Gasteiger partial charge >= 0.3 is 0 Å². The van der Waals surface area contributed by atoms with Gasteiger partial charge in [-0.25, -0.2) is 0 Å². The summed E-state index contributed by atoms with van der Waals surface area (Å²) in [7, 11) is 1.42. The molecule has 0 heterocycles. The SMILES string of the molecule is CNC(=O)C(CO)NC(=O)CN. The molecule has 2 amide bonds. The van der Waals surface area contributed by atoms with Crippen molar-refractivity contribution >= 4 is 11.8 Å². The van der Waals surface area contributed by atoms with Crippen molar-refractivity contribution in [3.8, 4) is 0 Å². The number of carbonyl (C=O) groups is 2. The zero-order chi connectivity index (χ0) is 9.56. The van der Waals surface area contributed by atoms with Crippen LogP contribution < -0.4 is 16.4 Å². The van der Waals surface area contributed by atoms with Gasteiger partial charge in [-0.3, -0.25) is 9.59 Å². The summed E-state index contributed by atoms with van der Waals surface area (Å²) in [4.78, 5) is 21.5. The molecule has 0 aromatic carbocycles. The Morgan fingerprint density at radius 3 is 2.50 bits per heavy atom. The Morgan fingerprint density at radius 2 is 2.17 bits per heavy atom. The second kappa shape index (κ2) is 5.50. The molecule has 1 atom stereocenters. The van der Waals surface area contributed by atoms with Crippen LogP contribution in [0.15, 0.2) is 0 Å². The Balaban J connectivity index is 3.99. The zero-order valence-electron chi connectivity index (χ0n) is 6.83. The standard InChI is InChI=1S/C6H13N3O3/c1-8-6(12)4(3-10)9-5(11)2-7/h4,10H,2-3,7H2,1H3,(H,8,12)(H,9,11). The Hall–Kier alpha value is -1.14. The maximum absolute atomic E-state index is 10.9. The first-order valence-electron chi connectivity index (χ1n) is 3.47. The van der Waals surface area contributed by atoms with Gasteiger partial charge in [0.25, 0.3) is 0 Å². The van der Waals surface area contributed by atoms with E-state index in [2.05, 4.69) is 10.6 Å². The summed E-state index contributed by atoms with van der Waals surface area (Å²) >= 11 is 0. The third-order valence-corrected chi connectivity index (χ3v) is 1.27. The normalized spacial score (nSPS) is 11.9. The van der Waals surface area contributed by atoms with Crippen LogP contribution in [0.25, 0.3) is 0 Å². The van der Waals surface area contributed by atoms with Crippen molar-refractivity contribution in [3.05, 3.63) is 0 Å². The van der Waals surface area contributed by atoms with Crippen LogP contribution in [0.1, 0.15) is 0 Å². The van der Waals surface area contributed by atoms with E-state index in [0.717, 1.165) is 0 Å². The van der Waals surface area contributed by atoms with Crippen LogP contribution in [0, 0.1) is 0 Å². The summed E-state index contributed by atoms with van der Waals surface area (Å²) in [5.41, 5.74) is 4.99. The number of rotatable bonds is 4. The molecule has 0 aromatic heterocycles. The van der Waals surface area contributed by atoms with Gasteiger partial charge in [0.15, 0.2) is 0 Å². The highest BCUT2D eigenvalue weighted by Gasteiger charge is 2.16. The predicted molar refractivity (Wildman–Crippen MR) is 42.1 cm³/mol. The van der Waals surface area contributed by atoms with Crippen molar-refractivity contribution in [2.24, 2.45) is 5.73 Å². The first-order valence-corrected chi connectivity index (χ1v) is 3.47. The van der Waals surface area contributed by atoms with E-state index in [1.807, 2.05) is 0 Å². The van der Waals surface area contributed by atoms with Crippen molar-refractivity contribution in [2.45, 2.75) is 6.04 Å². The number of likely N-dealkylation sites (N-methyl/N-ethyl adjacent to an activating group) is 1. The molecule has 0 aliphatic rings. The Morgan fingerprint density at radius 1 is 1.58 bits per heavy atom. The molecule has 1 unspecified atom stereocenters. The summed E-state index contributed by atoms with van der Waals surface area (Å²) < 4.78 is 0. The summed E-state index contributed by atoms with van der Waals surface area (Å²) in [5, 5.41) is 13.2. The second-order valence-electron chi connectivity index (χ2n) is 2.12. The second-order valence-corrected chi connectivity index (χ2v) is 2.12. The highest BCUT2D eigenvalue weighted by atomic mass is 16.3. The zero-order valence-corrected chi connectivity index (χ0v) is 6.83. The lowest BCUT2D eigenvalue weighted by Crippen LogP contribution is -2.49. The van der Waals surface area contributed by atoms with Crippen molar-refractivity contribution in [1.29, 1.82) is 0 Å².